The lowest BCUT2D eigenvalue weighted by molar-refractivity contribution is -0.132. The van der Waals surface area contributed by atoms with E-state index < -0.39 is 0 Å². The average Bonchev–Trinajstić information content (AvgIpc) is 2.98. The second kappa shape index (κ2) is 8.64. The molecule has 2 aromatic rings. The van der Waals surface area contributed by atoms with Gasteiger partial charge >= 0.3 is 0 Å². The van der Waals surface area contributed by atoms with Crippen LogP contribution in [-0.4, -0.2) is 42.8 Å². The molecule has 0 aliphatic heterocycles. The van der Waals surface area contributed by atoms with Gasteiger partial charge in [-0.2, -0.15) is 0 Å². The molecule has 0 aliphatic carbocycles. The molecule has 0 fully saturated rings. The molecule has 0 saturated carbocycles. The normalized spacial score (nSPS) is 10.2. The number of amides is 3. The summed E-state index contributed by atoms with van der Waals surface area (Å²) in [6.07, 6.45) is 0. The molecule has 0 bridgehead atoms. The third-order valence-electron chi connectivity index (χ3n) is 3.28. The van der Waals surface area contributed by atoms with Crippen molar-refractivity contribution < 1.29 is 14.4 Å². The second-order valence-corrected chi connectivity index (χ2v) is 7.13. The molecule has 0 saturated heterocycles. The van der Waals surface area contributed by atoms with Crippen LogP contribution >= 0.6 is 22.9 Å². The third kappa shape index (κ3) is 5.88. The monoisotopic (exact) mass is 379 g/mol. The van der Waals surface area contributed by atoms with Gasteiger partial charge in [-0.25, -0.2) is 0 Å². The Balaban J connectivity index is 1.79. The average molecular weight is 380 g/mol. The fourth-order valence-electron chi connectivity index (χ4n) is 2.00. The lowest BCUT2D eigenvalue weighted by atomic mass is 10.3. The number of likely N-dealkylation sites (N-methyl/N-ethyl adjacent to an activating group) is 1. The summed E-state index contributed by atoms with van der Waals surface area (Å²) in [4.78, 5) is 38.7. The zero-order valence-electron chi connectivity index (χ0n) is 13.8. The standard InChI is InChI=1S/C17H18ClN3O3S/c1-11-6-7-14(25-11)17(24)19-9-16(23)21(2)10-15(22)20-13-5-3-4-12(18)8-13/h3-8H,9-10H2,1-2H3,(H,19,24)(H,20,22). The maximum Gasteiger partial charge on any atom is 0.261 e. The van der Waals surface area contributed by atoms with E-state index in [9.17, 15) is 14.4 Å². The largest absolute Gasteiger partial charge is 0.342 e. The Kier molecular flexibility index (Phi) is 6.55. The van der Waals surface area contributed by atoms with Gasteiger partial charge in [-0.3, -0.25) is 14.4 Å². The highest BCUT2D eigenvalue weighted by atomic mass is 35.5. The summed E-state index contributed by atoms with van der Waals surface area (Å²) in [5.74, 6) is -1.01. The Hall–Kier alpha value is -2.38. The van der Waals surface area contributed by atoms with Crippen molar-refractivity contribution in [3.63, 3.8) is 0 Å². The number of nitrogens with one attached hydrogen (secondary N) is 2. The summed E-state index contributed by atoms with van der Waals surface area (Å²) >= 11 is 7.21. The molecule has 3 amide bonds. The molecule has 132 valence electrons. The highest BCUT2D eigenvalue weighted by Gasteiger charge is 2.15. The Labute approximate surface area is 154 Å². The third-order valence-corrected chi connectivity index (χ3v) is 4.51. The van der Waals surface area contributed by atoms with Gasteiger partial charge in [0.25, 0.3) is 5.91 Å². The van der Waals surface area contributed by atoms with Crippen molar-refractivity contribution in [1.82, 2.24) is 10.2 Å². The zero-order valence-corrected chi connectivity index (χ0v) is 15.4. The Bertz CT molecular complexity index is 791. The lowest BCUT2D eigenvalue weighted by Crippen LogP contribution is -2.41. The quantitative estimate of drug-likeness (QED) is 0.809. The van der Waals surface area contributed by atoms with Crippen LogP contribution in [0.3, 0.4) is 0 Å². The van der Waals surface area contributed by atoms with E-state index in [1.54, 1.807) is 30.3 Å². The summed E-state index contributed by atoms with van der Waals surface area (Å²) < 4.78 is 0. The maximum absolute atomic E-state index is 12.0. The number of carbonyl (C=O) groups excluding carboxylic acids is 3. The van der Waals surface area contributed by atoms with E-state index in [1.807, 2.05) is 13.0 Å². The van der Waals surface area contributed by atoms with Gasteiger partial charge in [0, 0.05) is 22.6 Å². The molecule has 0 aliphatic rings. The van der Waals surface area contributed by atoms with E-state index in [-0.39, 0.29) is 30.8 Å². The summed E-state index contributed by atoms with van der Waals surface area (Å²) in [7, 11) is 1.50. The van der Waals surface area contributed by atoms with Crippen LogP contribution in [0.2, 0.25) is 5.02 Å². The summed E-state index contributed by atoms with van der Waals surface area (Å²) in [5.41, 5.74) is 0.555. The highest BCUT2D eigenvalue weighted by molar-refractivity contribution is 7.13. The molecule has 2 rings (SSSR count). The molecule has 0 unspecified atom stereocenters. The van der Waals surface area contributed by atoms with E-state index in [1.165, 1.54) is 23.3 Å². The first-order valence-corrected chi connectivity index (χ1v) is 8.68. The number of aryl methyl sites for hydroxylation is 1. The number of halogens is 1. The van der Waals surface area contributed by atoms with Gasteiger partial charge in [0.1, 0.15) is 0 Å². The van der Waals surface area contributed by atoms with Gasteiger partial charge in [0.15, 0.2) is 0 Å². The molecule has 1 heterocycles. The van der Waals surface area contributed by atoms with Crippen molar-refractivity contribution in [2.24, 2.45) is 0 Å². The van der Waals surface area contributed by atoms with Gasteiger partial charge in [-0.05, 0) is 37.3 Å². The number of anilines is 1. The first kappa shape index (κ1) is 19.0. The zero-order chi connectivity index (χ0) is 18.4. The van der Waals surface area contributed by atoms with E-state index in [2.05, 4.69) is 10.6 Å². The molecule has 8 heteroatoms. The van der Waals surface area contributed by atoms with E-state index in [0.29, 0.717) is 15.6 Å². The predicted molar refractivity (Wildman–Crippen MR) is 99.1 cm³/mol. The molecular weight excluding hydrogens is 362 g/mol. The SMILES string of the molecule is Cc1ccc(C(=O)NCC(=O)N(C)CC(=O)Nc2cccc(Cl)c2)s1. The first-order valence-electron chi connectivity index (χ1n) is 7.49. The fourth-order valence-corrected chi connectivity index (χ4v) is 2.98. The minimum absolute atomic E-state index is 0.126. The minimum atomic E-state index is -0.358. The first-order chi connectivity index (χ1) is 11.8. The van der Waals surface area contributed by atoms with Crippen LogP contribution in [0.1, 0.15) is 14.5 Å². The van der Waals surface area contributed by atoms with Gasteiger partial charge in [-0.15, -0.1) is 11.3 Å². The predicted octanol–water partition coefficient (Wildman–Crippen LogP) is 2.54. The highest BCUT2D eigenvalue weighted by Crippen LogP contribution is 2.15. The number of rotatable bonds is 6. The summed E-state index contributed by atoms with van der Waals surface area (Å²) in [6.45, 7) is 1.61. The van der Waals surface area contributed by atoms with Crippen molar-refractivity contribution in [2.75, 3.05) is 25.5 Å². The number of benzene rings is 1. The van der Waals surface area contributed by atoms with Crippen LogP contribution in [-0.2, 0) is 9.59 Å². The molecule has 1 aromatic heterocycles. The Morgan fingerprint density at radius 3 is 2.60 bits per heavy atom. The molecule has 2 N–H and O–H groups in total. The van der Waals surface area contributed by atoms with Crippen LogP contribution in [0.15, 0.2) is 36.4 Å². The van der Waals surface area contributed by atoms with Crippen molar-refractivity contribution >= 4 is 46.3 Å². The number of thiophene rings is 1. The van der Waals surface area contributed by atoms with E-state index in [0.717, 1.165) is 4.88 Å². The maximum atomic E-state index is 12.0. The Morgan fingerprint density at radius 2 is 1.96 bits per heavy atom. The number of hydrogen-bond donors (Lipinski definition) is 2. The van der Waals surface area contributed by atoms with Gasteiger partial charge in [0.05, 0.1) is 18.0 Å². The Morgan fingerprint density at radius 1 is 1.20 bits per heavy atom. The van der Waals surface area contributed by atoms with Crippen molar-refractivity contribution in [3.8, 4) is 0 Å². The molecule has 0 spiro atoms. The molecular formula is C17H18ClN3O3S. The molecule has 1 aromatic carbocycles. The molecule has 6 nitrogen and oxygen atoms in total. The second-order valence-electron chi connectivity index (χ2n) is 5.40. The molecule has 0 atom stereocenters. The van der Waals surface area contributed by atoms with Crippen molar-refractivity contribution in [1.29, 1.82) is 0 Å². The summed E-state index contributed by atoms with van der Waals surface area (Å²) in [6, 6.07) is 10.3. The van der Waals surface area contributed by atoms with E-state index >= 15 is 0 Å². The van der Waals surface area contributed by atoms with Crippen molar-refractivity contribution in [3.05, 3.63) is 51.2 Å². The lowest BCUT2D eigenvalue weighted by Gasteiger charge is -2.17. The van der Waals surface area contributed by atoms with Crippen LogP contribution in [0.4, 0.5) is 5.69 Å². The topological polar surface area (TPSA) is 78.5 Å². The van der Waals surface area contributed by atoms with Crippen LogP contribution in [0.25, 0.3) is 0 Å². The molecule has 0 radical (unpaired) electrons. The van der Waals surface area contributed by atoms with Gasteiger partial charge in [-0.1, -0.05) is 17.7 Å². The van der Waals surface area contributed by atoms with E-state index in [4.69, 9.17) is 11.6 Å². The van der Waals surface area contributed by atoms with Crippen molar-refractivity contribution in [2.45, 2.75) is 6.92 Å². The number of nitrogens with zero attached hydrogens (tertiary/aromatic N) is 1. The number of hydrogen-bond acceptors (Lipinski definition) is 4. The summed E-state index contributed by atoms with van der Waals surface area (Å²) in [5, 5.41) is 5.72. The van der Waals surface area contributed by atoms with Crippen LogP contribution < -0.4 is 10.6 Å². The minimum Gasteiger partial charge on any atom is -0.342 e. The van der Waals surface area contributed by atoms with Crippen LogP contribution in [0, 0.1) is 6.92 Å². The number of carbonyl (C=O) groups is 3. The fraction of sp³-hybridized carbons (Fsp3) is 0.235. The molecule has 25 heavy (non-hydrogen) atoms. The van der Waals surface area contributed by atoms with Crippen LogP contribution in [0.5, 0.6) is 0 Å². The van der Waals surface area contributed by atoms with Gasteiger partial charge < -0.3 is 15.5 Å². The smallest absolute Gasteiger partial charge is 0.261 e. The van der Waals surface area contributed by atoms with Gasteiger partial charge in [0.2, 0.25) is 11.8 Å².